The van der Waals surface area contributed by atoms with E-state index in [0.717, 1.165) is 4.88 Å². The molecule has 158 valence electrons. The van der Waals surface area contributed by atoms with Crippen LogP contribution in [0.2, 0.25) is 5.02 Å². The molecule has 0 atom stereocenters. The number of rotatable bonds is 6. The smallest absolute Gasteiger partial charge is 0.407 e. The number of benzene rings is 1. The van der Waals surface area contributed by atoms with Gasteiger partial charge in [0.1, 0.15) is 11.4 Å². The Morgan fingerprint density at radius 3 is 2.69 bits per heavy atom. The highest BCUT2D eigenvalue weighted by molar-refractivity contribution is 7.09. The molecular weight excluding hydrogens is 414 g/mol. The van der Waals surface area contributed by atoms with E-state index in [1.807, 2.05) is 38.5 Å². The van der Waals surface area contributed by atoms with Gasteiger partial charge in [0, 0.05) is 29.2 Å². The van der Waals surface area contributed by atoms with E-state index in [9.17, 15) is 9.59 Å². The number of nitrogens with zero attached hydrogens (tertiary/aromatic N) is 2. The van der Waals surface area contributed by atoms with Crippen molar-refractivity contribution in [1.29, 1.82) is 0 Å². The third kappa shape index (κ3) is 7.21. The van der Waals surface area contributed by atoms with Gasteiger partial charge in [0.2, 0.25) is 0 Å². The first-order chi connectivity index (χ1) is 13.6. The summed E-state index contributed by atoms with van der Waals surface area (Å²) < 4.78 is 12.3. The standard InChI is InChI=1S/C20H26ClN3O4S/c1-13-12-24(10-6-9-22-19(26)28-20(2,3)4)18(29-13)23-17(25)15-11-14(21)7-8-16(15)27-5/h7-8,11-12H,6,9-10H2,1-5H3,(H,22,26). The van der Waals surface area contributed by atoms with Crippen LogP contribution in [0.5, 0.6) is 5.75 Å². The quantitative estimate of drug-likeness (QED) is 0.684. The van der Waals surface area contributed by atoms with Gasteiger partial charge in [0.05, 0.1) is 12.7 Å². The number of methoxy groups -OCH3 is 1. The van der Waals surface area contributed by atoms with Crippen molar-refractivity contribution in [2.45, 2.75) is 46.3 Å². The third-order valence-electron chi connectivity index (χ3n) is 3.67. The molecule has 2 aromatic rings. The molecule has 0 spiro atoms. The average Bonchev–Trinajstić information content (AvgIpc) is 2.96. The second kappa shape index (κ2) is 9.93. The van der Waals surface area contributed by atoms with Gasteiger partial charge in [-0.05, 0) is 52.3 Å². The summed E-state index contributed by atoms with van der Waals surface area (Å²) in [6.07, 6.45) is 2.15. The molecule has 2 amide bonds. The summed E-state index contributed by atoms with van der Waals surface area (Å²) >= 11 is 7.43. The van der Waals surface area contributed by atoms with Gasteiger partial charge in [0.15, 0.2) is 4.80 Å². The summed E-state index contributed by atoms with van der Waals surface area (Å²) in [6, 6.07) is 4.84. The predicted octanol–water partition coefficient (Wildman–Crippen LogP) is 4.18. The van der Waals surface area contributed by atoms with Crippen molar-refractivity contribution in [2.24, 2.45) is 4.99 Å². The molecule has 0 saturated heterocycles. The van der Waals surface area contributed by atoms with Crippen LogP contribution in [0.25, 0.3) is 0 Å². The highest BCUT2D eigenvalue weighted by atomic mass is 35.5. The van der Waals surface area contributed by atoms with Crippen molar-refractivity contribution in [2.75, 3.05) is 13.7 Å². The van der Waals surface area contributed by atoms with Crippen LogP contribution in [-0.4, -0.2) is 35.8 Å². The number of halogens is 1. The Morgan fingerprint density at radius 1 is 1.31 bits per heavy atom. The number of carbonyl (C=O) groups excluding carboxylic acids is 2. The van der Waals surface area contributed by atoms with Crippen molar-refractivity contribution in [3.63, 3.8) is 0 Å². The van der Waals surface area contributed by atoms with Crippen LogP contribution in [0.1, 0.15) is 42.4 Å². The summed E-state index contributed by atoms with van der Waals surface area (Å²) in [5.74, 6) is -0.00336. The Hall–Kier alpha value is -2.32. The highest BCUT2D eigenvalue weighted by Gasteiger charge is 2.16. The van der Waals surface area contributed by atoms with Gasteiger partial charge in [-0.25, -0.2) is 4.79 Å². The Morgan fingerprint density at radius 2 is 2.03 bits per heavy atom. The normalized spacial score (nSPS) is 12.0. The molecule has 1 N–H and O–H groups in total. The lowest BCUT2D eigenvalue weighted by Gasteiger charge is -2.19. The number of aromatic nitrogens is 1. The molecule has 7 nitrogen and oxygen atoms in total. The first-order valence-corrected chi connectivity index (χ1v) is 10.3. The molecule has 0 fully saturated rings. The molecule has 1 aromatic carbocycles. The summed E-state index contributed by atoms with van der Waals surface area (Å²) in [5.41, 5.74) is -0.221. The Kier molecular flexibility index (Phi) is 7.87. The number of amides is 2. The number of hydrogen-bond donors (Lipinski definition) is 1. The molecule has 0 radical (unpaired) electrons. The van der Waals surface area contributed by atoms with Gasteiger partial charge in [0.25, 0.3) is 5.91 Å². The second-order valence-electron chi connectivity index (χ2n) is 7.36. The zero-order chi connectivity index (χ0) is 21.6. The van der Waals surface area contributed by atoms with Crippen molar-refractivity contribution in [3.05, 3.63) is 44.7 Å². The van der Waals surface area contributed by atoms with Gasteiger partial charge < -0.3 is 19.4 Å². The molecule has 0 aliphatic rings. The number of hydrogen-bond acceptors (Lipinski definition) is 5. The van der Waals surface area contributed by atoms with Crippen molar-refractivity contribution >= 4 is 34.9 Å². The first-order valence-electron chi connectivity index (χ1n) is 9.15. The van der Waals surface area contributed by atoms with Crippen LogP contribution in [0.4, 0.5) is 4.79 Å². The lowest BCUT2D eigenvalue weighted by Crippen LogP contribution is -2.33. The predicted molar refractivity (Wildman–Crippen MR) is 114 cm³/mol. The van der Waals surface area contributed by atoms with Crippen LogP contribution in [0.3, 0.4) is 0 Å². The Balaban J connectivity index is 2.08. The Bertz CT molecular complexity index is 944. The molecule has 0 saturated carbocycles. The molecule has 2 rings (SSSR count). The van der Waals surface area contributed by atoms with E-state index in [1.165, 1.54) is 18.4 Å². The molecule has 1 heterocycles. The number of ether oxygens (including phenoxy) is 2. The maximum Gasteiger partial charge on any atom is 0.407 e. The fraction of sp³-hybridized carbons (Fsp3) is 0.450. The number of aryl methyl sites for hydroxylation is 2. The molecule has 0 aliphatic heterocycles. The molecule has 0 unspecified atom stereocenters. The van der Waals surface area contributed by atoms with Gasteiger partial charge >= 0.3 is 6.09 Å². The van der Waals surface area contributed by atoms with E-state index < -0.39 is 17.6 Å². The van der Waals surface area contributed by atoms with E-state index in [-0.39, 0.29) is 0 Å². The van der Waals surface area contributed by atoms with E-state index in [0.29, 0.717) is 40.6 Å². The number of nitrogens with one attached hydrogen (secondary N) is 1. The minimum absolute atomic E-state index is 0.309. The van der Waals surface area contributed by atoms with Gasteiger partial charge in [-0.15, -0.1) is 11.3 Å². The number of alkyl carbamates (subject to hydrolysis) is 1. The molecule has 0 aliphatic carbocycles. The van der Waals surface area contributed by atoms with Crippen LogP contribution >= 0.6 is 22.9 Å². The second-order valence-corrected chi connectivity index (χ2v) is 9.01. The maximum atomic E-state index is 12.7. The SMILES string of the molecule is COc1ccc(Cl)cc1C(=O)N=c1sc(C)cn1CCCNC(=O)OC(C)(C)C. The number of thiazole rings is 1. The molecule has 29 heavy (non-hydrogen) atoms. The summed E-state index contributed by atoms with van der Waals surface area (Å²) in [5, 5.41) is 3.16. The largest absolute Gasteiger partial charge is 0.496 e. The van der Waals surface area contributed by atoms with Gasteiger partial charge in [-0.2, -0.15) is 4.99 Å². The van der Waals surface area contributed by atoms with Crippen molar-refractivity contribution < 1.29 is 19.1 Å². The van der Waals surface area contributed by atoms with Crippen LogP contribution < -0.4 is 14.9 Å². The van der Waals surface area contributed by atoms with E-state index >= 15 is 0 Å². The topological polar surface area (TPSA) is 81.9 Å². The lowest BCUT2D eigenvalue weighted by atomic mass is 10.2. The summed E-state index contributed by atoms with van der Waals surface area (Å²) in [4.78, 5) is 30.2. The zero-order valence-corrected chi connectivity index (χ0v) is 18.8. The minimum Gasteiger partial charge on any atom is -0.496 e. The monoisotopic (exact) mass is 439 g/mol. The van der Waals surface area contributed by atoms with Crippen LogP contribution in [0.15, 0.2) is 29.4 Å². The third-order valence-corrected chi connectivity index (χ3v) is 4.84. The van der Waals surface area contributed by atoms with Crippen molar-refractivity contribution in [3.8, 4) is 5.75 Å². The maximum absolute atomic E-state index is 12.7. The minimum atomic E-state index is -0.531. The molecule has 9 heteroatoms. The fourth-order valence-corrected chi connectivity index (χ4v) is 3.53. The average molecular weight is 440 g/mol. The lowest BCUT2D eigenvalue weighted by molar-refractivity contribution is 0.0526. The summed E-state index contributed by atoms with van der Waals surface area (Å²) in [7, 11) is 1.49. The van der Waals surface area contributed by atoms with Crippen LogP contribution in [0, 0.1) is 6.92 Å². The molecular formula is C20H26ClN3O4S. The van der Waals surface area contributed by atoms with E-state index in [2.05, 4.69) is 10.3 Å². The van der Waals surface area contributed by atoms with Gasteiger partial charge in [-0.3, -0.25) is 4.79 Å². The molecule has 0 bridgehead atoms. The van der Waals surface area contributed by atoms with Crippen LogP contribution in [-0.2, 0) is 11.3 Å². The fourth-order valence-electron chi connectivity index (χ4n) is 2.50. The summed E-state index contributed by atoms with van der Waals surface area (Å²) in [6.45, 7) is 8.44. The first kappa shape index (κ1) is 23.0. The number of carbonyl (C=O) groups is 2. The zero-order valence-electron chi connectivity index (χ0n) is 17.2. The van der Waals surface area contributed by atoms with E-state index in [4.69, 9.17) is 21.1 Å². The molecule has 1 aromatic heterocycles. The van der Waals surface area contributed by atoms with Crippen molar-refractivity contribution in [1.82, 2.24) is 9.88 Å². The highest BCUT2D eigenvalue weighted by Crippen LogP contribution is 2.23. The van der Waals surface area contributed by atoms with Gasteiger partial charge in [-0.1, -0.05) is 11.6 Å². The van der Waals surface area contributed by atoms with E-state index in [1.54, 1.807) is 18.2 Å². The Labute approximate surface area is 179 Å².